The van der Waals surface area contributed by atoms with Gasteiger partial charge in [-0.3, -0.25) is 20.2 Å². The van der Waals surface area contributed by atoms with Crippen LogP contribution in [-0.4, -0.2) is 27.8 Å². The SMILES string of the molecule is CCC(NC1CC(=O)NC1=O)c1ncc[nH]1. The summed E-state index contributed by atoms with van der Waals surface area (Å²) in [6.45, 7) is 1.99. The molecule has 0 aliphatic carbocycles. The van der Waals surface area contributed by atoms with Crippen LogP contribution in [0.3, 0.4) is 0 Å². The van der Waals surface area contributed by atoms with Crippen molar-refractivity contribution in [1.82, 2.24) is 20.6 Å². The lowest BCUT2D eigenvalue weighted by molar-refractivity contribution is -0.125. The molecule has 0 spiro atoms. The van der Waals surface area contributed by atoms with Crippen molar-refractivity contribution in [3.8, 4) is 0 Å². The molecule has 1 aliphatic rings. The van der Waals surface area contributed by atoms with E-state index in [1.807, 2.05) is 6.92 Å². The first-order valence-corrected chi connectivity index (χ1v) is 5.29. The number of carbonyl (C=O) groups is 2. The van der Waals surface area contributed by atoms with Gasteiger partial charge in [-0.25, -0.2) is 4.98 Å². The van der Waals surface area contributed by atoms with Gasteiger partial charge >= 0.3 is 0 Å². The Labute approximate surface area is 92.8 Å². The number of hydrogen-bond donors (Lipinski definition) is 3. The second kappa shape index (κ2) is 4.44. The Bertz CT molecular complexity index is 388. The van der Waals surface area contributed by atoms with Crippen molar-refractivity contribution in [2.24, 2.45) is 0 Å². The van der Waals surface area contributed by atoms with Crippen molar-refractivity contribution in [2.75, 3.05) is 0 Å². The molecule has 86 valence electrons. The summed E-state index contributed by atoms with van der Waals surface area (Å²) in [7, 11) is 0. The van der Waals surface area contributed by atoms with E-state index in [4.69, 9.17) is 0 Å². The zero-order chi connectivity index (χ0) is 11.5. The third-order valence-electron chi connectivity index (χ3n) is 2.63. The summed E-state index contributed by atoms with van der Waals surface area (Å²) < 4.78 is 0. The van der Waals surface area contributed by atoms with Crippen molar-refractivity contribution >= 4 is 11.8 Å². The van der Waals surface area contributed by atoms with Gasteiger partial charge in [-0.1, -0.05) is 6.92 Å². The van der Waals surface area contributed by atoms with E-state index in [0.717, 1.165) is 12.2 Å². The minimum atomic E-state index is -0.442. The first-order chi connectivity index (χ1) is 7.70. The summed E-state index contributed by atoms with van der Waals surface area (Å²) in [5.41, 5.74) is 0. The van der Waals surface area contributed by atoms with Crippen LogP contribution in [0, 0.1) is 0 Å². The van der Waals surface area contributed by atoms with Crippen molar-refractivity contribution < 1.29 is 9.59 Å². The first-order valence-electron chi connectivity index (χ1n) is 5.29. The van der Waals surface area contributed by atoms with Gasteiger partial charge in [0.2, 0.25) is 11.8 Å². The van der Waals surface area contributed by atoms with E-state index in [0.29, 0.717) is 0 Å². The molecular weight excluding hydrogens is 208 g/mol. The van der Waals surface area contributed by atoms with E-state index in [-0.39, 0.29) is 24.3 Å². The average Bonchev–Trinajstić information content (AvgIpc) is 2.85. The largest absolute Gasteiger partial charge is 0.347 e. The maximum absolute atomic E-state index is 11.4. The highest BCUT2D eigenvalue weighted by Crippen LogP contribution is 2.14. The van der Waals surface area contributed by atoms with E-state index in [1.165, 1.54) is 0 Å². The minimum Gasteiger partial charge on any atom is -0.347 e. The smallest absolute Gasteiger partial charge is 0.244 e. The molecule has 2 unspecified atom stereocenters. The van der Waals surface area contributed by atoms with Crippen LogP contribution in [0.25, 0.3) is 0 Å². The fraction of sp³-hybridized carbons (Fsp3) is 0.500. The van der Waals surface area contributed by atoms with Gasteiger partial charge in [0, 0.05) is 12.4 Å². The number of aromatic nitrogens is 2. The summed E-state index contributed by atoms with van der Waals surface area (Å²) >= 11 is 0. The van der Waals surface area contributed by atoms with Gasteiger partial charge in [-0.2, -0.15) is 0 Å². The molecule has 1 aliphatic heterocycles. The van der Waals surface area contributed by atoms with Crippen molar-refractivity contribution in [3.63, 3.8) is 0 Å². The first kappa shape index (κ1) is 10.8. The van der Waals surface area contributed by atoms with Gasteiger partial charge in [0.25, 0.3) is 0 Å². The quantitative estimate of drug-likeness (QED) is 0.619. The number of rotatable bonds is 4. The number of carbonyl (C=O) groups excluding carboxylic acids is 2. The number of nitrogens with zero attached hydrogens (tertiary/aromatic N) is 1. The molecule has 2 amide bonds. The summed E-state index contributed by atoms with van der Waals surface area (Å²) in [4.78, 5) is 29.5. The summed E-state index contributed by atoms with van der Waals surface area (Å²) in [6.07, 6.45) is 4.40. The number of imide groups is 1. The van der Waals surface area contributed by atoms with E-state index in [1.54, 1.807) is 12.4 Å². The van der Waals surface area contributed by atoms with Gasteiger partial charge < -0.3 is 4.98 Å². The van der Waals surface area contributed by atoms with Crippen LogP contribution in [0.1, 0.15) is 31.6 Å². The zero-order valence-electron chi connectivity index (χ0n) is 8.99. The second-order valence-electron chi connectivity index (χ2n) is 3.77. The average molecular weight is 222 g/mol. The third-order valence-corrected chi connectivity index (χ3v) is 2.63. The fourth-order valence-corrected chi connectivity index (χ4v) is 1.79. The number of amides is 2. The Hall–Kier alpha value is -1.69. The Kier molecular flexibility index (Phi) is 3.00. The highest BCUT2D eigenvalue weighted by atomic mass is 16.2. The molecule has 0 bridgehead atoms. The van der Waals surface area contributed by atoms with Crippen LogP contribution in [0.15, 0.2) is 12.4 Å². The molecule has 0 aromatic carbocycles. The molecule has 2 heterocycles. The van der Waals surface area contributed by atoms with E-state index >= 15 is 0 Å². The van der Waals surface area contributed by atoms with E-state index in [9.17, 15) is 9.59 Å². The highest BCUT2D eigenvalue weighted by molar-refractivity contribution is 6.05. The molecule has 1 aromatic heterocycles. The molecule has 0 saturated carbocycles. The molecule has 0 radical (unpaired) electrons. The molecular formula is C10H14N4O2. The predicted molar refractivity (Wildman–Crippen MR) is 56.3 cm³/mol. The van der Waals surface area contributed by atoms with E-state index in [2.05, 4.69) is 20.6 Å². The lowest BCUT2D eigenvalue weighted by Crippen LogP contribution is -2.38. The van der Waals surface area contributed by atoms with Crippen molar-refractivity contribution in [2.45, 2.75) is 31.8 Å². The van der Waals surface area contributed by atoms with Crippen LogP contribution in [0.5, 0.6) is 0 Å². The molecule has 16 heavy (non-hydrogen) atoms. The Balaban J connectivity index is 2.02. The highest BCUT2D eigenvalue weighted by Gasteiger charge is 2.32. The maximum atomic E-state index is 11.4. The van der Waals surface area contributed by atoms with Crippen LogP contribution in [0.4, 0.5) is 0 Å². The second-order valence-corrected chi connectivity index (χ2v) is 3.77. The van der Waals surface area contributed by atoms with Gasteiger partial charge in [0.15, 0.2) is 0 Å². The summed E-state index contributed by atoms with van der Waals surface area (Å²) in [5, 5.41) is 5.39. The molecule has 6 heteroatoms. The topological polar surface area (TPSA) is 86.9 Å². The Morgan fingerprint density at radius 1 is 1.62 bits per heavy atom. The molecule has 1 saturated heterocycles. The third kappa shape index (κ3) is 2.11. The van der Waals surface area contributed by atoms with Gasteiger partial charge in [-0.05, 0) is 6.42 Å². The van der Waals surface area contributed by atoms with Gasteiger partial charge in [0.1, 0.15) is 5.82 Å². The van der Waals surface area contributed by atoms with Crippen LogP contribution in [0.2, 0.25) is 0 Å². The van der Waals surface area contributed by atoms with Gasteiger partial charge in [-0.15, -0.1) is 0 Å². The number of H-pyrrole nitrogens is 1. The lowest BCUT2D eigenvalue weighted by Gasteiger charge is -2.17. The fourth-order valence-electron chi connectivity index (χ4n) is 1.79. The lowest BCUT2D eigenvalue weighted by atomic mass is 10.1. The van der Waals surface area contributed by atoms with Crippen LogP contribution < -0.4 is 10.6 Å². The molecule has 2 rings (SSSR count). The zero-order valence-corrected chi connectivity index (χ0v) is 8.99. The van der Waals surface area contributed by atoms with Crippen LogP contribution >= 0.6 is 0 Å². The summed E-state index contributed by atoms with van der Waals surface area (Å²) in [6, 6.07) is -0.473. The molecule has 1 aromatic rings. The monoisotopic (exact) mass is 222 g/mol. The van der Waals surface area contributed by atoms with Gasteiger partial charge in [0.05, 0.1) is 18.5 Å². The standard InChI is InChI=1S/C10H14N4O2/c1-2-6(9-11-3-4-12-9)13-7-5-8(15)14-10(7)16/h3-4,6-7,13H,2,5H2,1H3,(H,11,12)(H,14,15,16). The van der Waals surface area contributed by atoms with E-state index < -0.39 is 6.04 Å². The van der Waals surface area contributed by atoms with Crippen molar-refractivity contribution in [3.05, 3.63) is 18.2 Å². The molecule has 6 nitrogen and oxygen atoms in total. The molecule has 3 N–H and O–H groups in total. The number of nitrogens with one attached hydrogen (secondary N) is 3. The number of imidazole rings is 1. The number of hydrogen-bond acceptors (Lipinski definition) is 4. The minimum absolute atomic E-state index is 0.0309. The maximum Gasteiger partial charge on any atom is 0.244 e. The van der Waals surface area contributed by atoms with Crippen molar-refractivity contribution in [1.29, 1.82) is 0 Å². The Morgan fingerprint density at radius 3 is 2.94 bits per heavy atom. The normalized spacial score (nSPS) is 22.2. The molecule has 2 atom stereocenters. The summed E-state index contributed by atoms with van der Waals surface area (Å²) in [5.74, 6) is 0.307. The molecule has 1 fully saturated rings. The number of aromatic amines is 1. The Morgan fingerprint density at radius 2 is 2.44 bits per heavy atom. The predicted octanol–water partition coefficient (Wildman–Crippen LogP) is -0.135. The van der Waals surface area contributed by atoms with Crippen LogP contribution in [-0.2, 0) is 9.59 Å².